The molecule has 2 aromatic carbocycles. The number of nitrogens with one attached hydrogen (secondary N) is 1. The summed E-state index contributed by atoms with van der Waals surface area (Å²) in [6.45, 7) is 1.49. The molecule has 0 unspecified atom stereocenters. The van der Waals surface area contributed by atoms with Crippen LogP contribution in [0.2, 0.25) is 5.02 Å². The summed E-state index contributed by atoms with van der Waals surface area (Å²) in [6, 6.07) is 14.6. The Morgan fingerprint density at radius 3 is 2.72 bits per heavy atom. The first-order chi connectivity index (χ1) is 14.0. The Morgan fingerprint density at radius 2 is 1.90 bits per heavy atom. The average Bonchev–Trinajstić information content (AvgIpc) is 3.18. The van der Waals surface area contributed by atoms with Crippen LogP contribution in [0.3, 0.4) is 0 Å². The zero-order chi connectivity index (χ0) is 20.4. The minimum atomic E-state index is -0.484. The molecule has 1 amide bonds. The quantitative estimate of drug-likeness (QED) is 0.635. The Bertz CT molecular complexity index is 1100. The summed E-state index contributed by atoms with van der Waals surface area (Å²) in [4.78, 5) is 29.9. The fourth-order valence-corrected chi connectivity index (χ4v) is 4.13. The van der Waals surface area contributed by atoms with E-state index >= 15 is 0 Å². The third kappa shape index (κ3) is 3.96. The molecule has 0 saturated carbocycles. The topological polar surface area (TPSA) is 68.3 Å². The molecule has 0 radical (unpaired) electrons. The third-order valence-electron chi connectivity index (χ3n) is 5.21. The number of benzene rings is 2. The van der Waals surface area contributed by atoms with E-state index in [0.717, 1.165) is 47.0 Å². The van der Waals surface area contributed by atoms with Gasteiger partial charge in [0.05, 0.1) is 17.1 Å². The van der Waals surface area contributed by atoms with Crippen molar-refractivity contribution in [2.24, 2.45) is 0 Å². The lowest BCUT2D eigenvalue weighted by molar-refractivity contribution is -0.124. The highest BCUT2D eigenvalue weighted by atomic mass is 35.5. The van der Waals surface area contributed by atoms with E-state index in [2.05, 4.69) is 10.3 Å². The molecule has 1 aliphatic rings. The number of para-hydroxylation sites is 1. The van der Waals surface area contributed by atoms with Gasteiger partial charge in [0.1, 0.15) is 0 Å². The Hall–Kier alpha value is -2.92. The van der Waals surface area contributed by atoms with Crippen LogP contribution in [0.1, 0.15) is 46.6 Å². The van der Waals surface area contributed by atoms with E-state index in [9.17, 15) is 9.59 Å². The van der Waals surface area contributed by atoms with Crippen LogP contribution >= 0.6 is 11.6 Å². The standard InChI is InChI=1S/C23H21ClN2O3/c1-14(15-7-2-4-10-18(15)24)25-21(27)13-29-23(28)22-16-8-3-5-11-19(16)26-20-12-6-9-17(20)22/h2-5,7-8,10-11,14H,6,9,12-13H2,1H3,(H,25,27)/t14-/m1/s1. The number of carbonyl (C=O) groups is 2. The number of esters is 1. The van der Waals surface area contributed by atoms with Gasteiger partial charge in [0.15, 0.2) is 6.61 Å². The second-order valence-corrected chi connectivity index (χ2v) is 7.58. The van der Waals surface area contributed by atoms with Crippen molar-refractivity contribution in [3.63, 3.8) is 0 Å². The summed E-state index contributed by atoms with van der Waals surface area (Å²) in [5.41, 5.74) is 4.02. The Morgan fingerprint density at radius 1 is 1.14 bits per heavy atom. The van der Waals surface area contributed by atoms with Gasteiger partial charge in [-0.05, 0) is 49.4 Å². The molecule has 0 fully saturated rings. The van der Waals surface area contributed by atoms with Crippen molar-refractivity contribution in [2.45, 2.75) is 32.2 Å². The summed E-state index contributed by atoms with van der Waals surface area (Å²) in [5.74, 6) is -0.858. The van der Waals surface area contributed by atoms with E-state index in [-0.39, 0.29) is 18.6 Å². The number of aromatic nitrogens is 1. The summed E-state index contributed by atoms with van der Waals surface area (Å²) < 4.78 is 5.38. The lowest BCUT2D eigenvalue weighted by Gasteiger charge is -2.16. The minimum Gasteiger partial charge on any atom is -0.452 e. The predicted molar refractivity (Wildman–Crippen MR) is 112 cm³/mol. The Balaban J connectivity index is 1.48. The number of pyridine rings is 1. The zero-order valence-corrected chi connectivity index (χ0v) is 16.8. The molecule has 0 spiro atoms. The molecule has 4 rings (SSSR count). The number of nitrogens with zero attached hydrogens (tertiary/aromatic N) is 1. The van der Waals surface area contributed by atoms with E-state index in [1.165, 1.54) is 0 Å². The fourth-order valence-electron chi connectivity index (χ4n) is 3.83. The maximum atomic E-state index is 12.9. The normalized spacial score (nSPS) is 13.7. The number of amides is 1. The van der Waals surface area contributed by atoms with E-state index in [0.29, 0.717) is 10.6 Å². The molecule has 1 aromatic heterocycles. The molecular formula is C23H21ClN2O3. The summed E-state index contributed by atoms with van der Waals surface area (Å²) >= 11 is 6.18. The lowest BCUT2D eigenvalue weighted by Crippen LogP contribution is -2.31. The second-order valence-electron chi connectivity index (χ2n) is 7.17. The van der Waals surface area contributed by atoms with Crippen molar-refractivity contribution in [2.75, 3.05) is 6.61 Å². The van der Waals surface area contributed by atoms with Gasteiger partial charge in [-0.15, -0.1) is 0 Å². The fraction of sp³-hybridized carbons (Fsp3) is 0.261. The predicted octanol–water partition coefficient (Wildman–Crippen LogP) is 4.41. The smallest absolute Gasteiger partial charge is 0.339 e. The monoisotopic (exact) mass is 408 g/mol. The van der Waals surface area contributed by atoms with Crippen LogP contribution < -0.4 is 5.32 Å². The molecule has 0 bridgehead atoms. The lowest BCUT2D eigenvalue weighted by atomic mass is 10.0. The molecule has 1 aliphatic carbocycles. The van der Waals surface area contributed by atoms with Crippen molar-refractivity contribution in [3.8, 4) is 0 Å². The number of hydrogen-bond acceptors (Lipinski definition) is 4. The van der Waals surface area contributed by atoms with Gasteiger partial charge in [0, 0.05) is 16.1 Å². The first-order valence-electron chi connectivity index (χ1n) is 9.66. The second kappa shape index (κ2) is 8.21. The van der Waals surface area contributed by atoms with Gasteiger partial charge in [0.2, 0.25) is 0 Å². The highest BCUT2D eigenvalue weighted by Crippen LogP contribution is 2.30. The van der Waals surface area contributed by atoms with Crippen molar-refractivity contribution in [3.05, 3.63) is 75.9 Å². The van der Waals surface area contributed by atoms with E-state index in [1.807, 2.05) is 49.4 Å². The number of carbonyl (C=O) groups excluding carboxylic acids is 2. The van der Waals surface area contributed by atoms with E-state index < -0.39 is 5.97 Å². The van der Waals surface area contributed by atoms with Gasteiger partial charge < -0.3 is 10.1 Å². The molecule has 0 saturated heterocycles. The summed E-state index contributed by atoms with van der Waals surface area (Å²) in [5, 5.41) is 4.17. The van der Waals surface area contributed by atoms with Crippen LogP contribution in [0.25, 0.3) is 10.9 Å². The SMILES string of the molecule is C[C@@H](NC(=O)COC(=O)c1c2c(nc3ccccc13)CCC2)c1ccccc1Cl. The van der Waals surface area contributed by atoms with Gasteiger partial charge in [-0.1, -0.05) is 48.0 Å². The highest BCUT2D eigenvalue weighted by molar-refractivity contribution is 6.31. The number of rotatable bonds is 5. The highest BCUT2D eigenvalue weighted by Gasteiger charge is 2.25. The molecule has 1 heterocycles. The number of halogens is 1. The molecular weight excluding hydrogens is 388 g/mol. The van der Waals surface area contributed by atoms with Crippen LogP contribution in [-0.4, -0.2) is 23.5 Å². The molecule has 5 nitrogen and oxygen atoms in total. The van der Waals surface area contributed by atoms with Crippen molar-refractivity contribution >= 4 is 34.4 Å². The summed E-state index contributed by atoms with van der Waals surface area (Å²) in [7, 11) is 0. The zero-order valence-electron chi connectivity index (χ0n) is 16.1. The maximum absolute atomic E-state index is 12.9. The largest absolute Gasteiger partial charge is 0.452 e. The van der Waals surface area contributed by atoms with Gasteiger partial charge in [-0.25, -0.2) is 4.79 Å². The molecule has 1 N–H and O–H groups in total. The van der Waals surface area contributed by atoms with Gasteiger partial charge in [-0.2, -0.15) is 0 Å². The Labute approximate surface area is 174 Å². The van der Waals surface area contributed by atoms with E-state index in [4.69, 9.17) is 16.3 Å². The third-order valence-corrected chi connectivity index (χ3v) is 5.55. The number of hydrogen-bond donors (Lipinski definition) is 1. The van der Waals surface area contributed by atoms with Crippen molar-refractivity contribution in [1.82, 2.24) is 10.3 Å². The van der Waals surface area contributed by atoms with E-state index in [1.54, 1.807) is 6.07 Å². The van der Waals surface area contributed by atoms with Crippen molar-refractivity contribution < 1.29 is 14.3 Å². The molecule has 0 aliphatic heterocycles. The number of ether oxygens (including phenoxy) is 1. The van der Waals surface area contributed by atoms with Gasteiger partial charge in [-0.3, -0.25) is 9.78 Å². The van der Waals surface area contributed by atoms with Crippen LogP contribution in [0.15, 0.2) is 48.5 Å². The van der Waals surface area contributed by atoms with Gasteiger partial charge in [0.25, 0.3) is 5.91 Å². The maximum Gasteiger partial charge on any atom is 0.339 e. The molecule has 29 heavy (non-hydrogen) atoms. The van der Waals surface area contributed by atoms with Crippen LogP contribution in [-0.2, 0) is 22.4 Å². The minimum absolute atomic E-state index is 0.291. The average molecular weight is 409 g/mol. The molecule has 1 atom stereocenters. The molecule has 3 aromatic rings. The number of aryl methyl sites for hydroxylation is 1. The molecule has 6 heteroatoms. The molecule has 148 valence electrons. The first-order valence-corrected chi connectivity index (χ1v) is 10.0. The first kappa shape index (κ1) is 19.4. The Kier molecular flexibility index (Phi) is 5.49. The number of fused-ring (bicyclic) bond motifs is 2. The van der Waals surface area contributed by atoms with Crippen LogP contribution in [0.4, 0.5) is 0 Å². The van der Waals surface area contributed by atoms with Gasteiger partial charge >= 0.3 is 5.97 Å². The summed E-state index contributed by atoms with van der Waals surface area (Å²) in [6.07, 6.45) is 2.62. The van der Waals surface area contributed by atoms with Crippen molar-refractivity contribution in [1.29, 1.82) is 0 Å². The van der Waals surface area contributed by atoms with Crippen LogP contribution in [0, 0.1) is 0 Å². The van der Waals surface area contributed by atoms with Crippen LogP contribution in [0.5, 0.6) is 0 Å².